The Hall–Kier alpha value is -0.820. The molecule has 0 spiro atoms. The van der Waals surface area contributed by atoms with E-state index in [2.05, 4.69) is 27.4 Å². The lowest BCUT2D eigenvalue weighted by molar-refractivity contribution is 0.191. The molecule has 21 heavy (non-hydrogen) atoms. The van der Waals surface area contributed by atoms with E-state index < -0.39 is 9.84 Å². The van der Waals surface area contributed by atoms with Crippen molar-refractivity contribution in [3.63, 3.8) is 0 Å². The lowest BCUT2D eigenvalue weighted by Crippen LogP contribution is -2.41. The number of sulfone groups is 1. The van der Waals surface area contributed by atoms with Gasteiger partial charge in [0, 0.05) is 26.4 Å². The van der Waals surface area contributed by atoms with Crippen LogP contribution in [0, 0.1) is 5.92 Å². The van der Waals surface area contributed by atoms with E-state index in [1.165, 1.54) is 32.2 Å². The summed E-state index contributed by atoms with van der Waals surface area (Å²) < 4.78 is 22.1. The molecule has 0 aromatic carbocycles. The third-order valence-electron chi connectivity index (χ3n) is 3.81. The molecule has 0 bridgehead atoms. The molecular formula is C14H30N4O2S. The summed E-state index contributed by atoms with van der Waals surface area (Å²) in [4.78, 5) is 6.60. The second-order valence-corrected chi connectivity index (χ2v) is 8.19. The Bertz CT molecular complexity index is 415. The van der Waals surface area contributed by atoms with E-state index in [0.717, 1.165) is 25.4 Å². The number of nitrogens with one attached hydrogen (secondary N) is 2. The normalized spacial score (nSPS) is 18.7. The zero-order valence-electron chi connectivity index (χ0n) is 13.6. The number of guanidine groups is 1. The molecule has 2 N–H and O–H groups in total. The van der Waals surface area contributed by atoms with Gasteiger partial charge in [-0.3, -0.25) is 4.99 Å². The molecular weight excluding hydrogens is 288 g/mol. The van der Waals surface area contributed by atoms with Crippen molar-refractivity contribution in [2.24, 2.45) is 10.9 Å². The maximum Gasteiger partial charge on any atom is 0.191 e. The van der Waals surface area contributed by atoms with Crippen molar-refractivity contribution in [3.8, 4) is 0 Å². The van der Waals surface area contributed by atoms with Crippen LogP contribution in [-0.2, 0) is 9.84 Å². The predicted molar refractivity (Wildman–Crippen MR) is 88.5 cm³/mol. The van der Waals surface area contributed by atoms with Crippen LogP contribution in [0.25, 0.3) is 0 Å². The molecule has 0 saturated carbocycles. The van der Waals surface area contributed by atoms with Gasteiger partial charge in [-0.25, -0.2) is 8.42 Å². The molecule has 124 valence electrons. The third kappa shape index (κ3) is 8.93. The minimum atomic E-state index is -2.92. The number of hydrogen-bond donors (Lipinski definition) is 2. The first-order valence-electron chi connectivity index (χ1n) is 7.75. The first-order chi connectivity index (χ1) is 9.90. The average Bonchev–Trinajstić information content (AvgIpc) is 2.42. The predicted octanol–water partition coefficient (Wildman–Crippen LogP) is 0.318. The highest BCUT2D eigenvalue weighted by molar-refractivity contribution is 7.90. The first kappa shape index (κ1) is 18.2. The minimum absolute atomic E-state index is 0.125. The fraction of sp³-hybridized carbons (Fsp3) is 0.929. The smallest absolute Gasteiger partial charge is 0.191 e. The molecule has 1 aliphatic rings. The van der Waals surface area contributed by atoms with Crippen LogP contribution < -0.4 is 10.6 Å². The SMILES string of the molecule is CN=C(NCCCN1CCC(C)CC1)NCCS(C)(=O)=O. The maximum absolute atomic E-state index is 11.1. The Labute approximate surface area is 129 Å². The van der Waals surface area contributed by atoms with Crippen molar-refractivity contribution in [1.29, 1.82) is 0 Å². The number of likely N-dealkylation sites (tertiary alicyclic amines) is 1. The Morgan fingerprint density at radius 2 is 1.86 bits per heavy atom. The van der Waals surface area contributed by atoms with E-state index in [-0.39, 0.29) is 5.75 Å². The lowest BCUT2D eigenvalue weighted by Gasteiger charge is -2.30. The molecule has 0 atom stereocenters. The summed E-state index contributed by atoms with van der Waals surface area (Å²) >= 11 is 0. The molecule has 0 radical (unpaired) electrons. The Morgan fingerprint density at radius 3 is 2.43 bits per heavy atom. The summed E-state index contributed by atoms with van der Waals surface area (Å²) in [7, 11) is -1.23. The van der Waals surface area contributed by atoms with Crippen molar-refractivity contribution in [1.82, 2.24) is 15.5 Å². The van der Waals surface area contributed by atoms with Crippen molar-refractivity contribution >= 4 is 15.8 Å². The second-order valence-electron chi connectivity index (χ2n) is 5.93. The average molecular weight is 318 g/mol. The zero-order valence-corrected chi connectivity index (χ0v) is 14.4. The lowest BCUT2D eigenvalue weighted by atomic mass is 9.99. The highest BCUT2D eigenvalue weighted by atomic mass is 32.2. The fourth-order valence-electron chi connectivity index (χ4n) is 2.37. The Kier molecular flexibility index (Phi) is 8.03. The van der Waals surface area contributed by atoms with Gasteiger partial charge < -0.3 is 15.5 Å². The van der Waals surface area contributed by atoms with Crippen LogP contribution in [0.5, 0.6) is 0 Å². The van der Waals surface area contributed by atoms with Crippen LogP contribution in [0.15, 0.2) is 4.99 Å². The van der Waals surface area contributed by atoms with Crippen molar-refractivity contribution in [3.05, 3.63) is 0 Å². The zero-order chi connectivity index (χ0) is 15.7. The van der Waals surface area contributed by atoms with Gasteiger partial charge >= 0.3 is 0 Å². The van der Waals surface area contributed by atoms with Crippen molar-refractivity contribution in [2.75, 3.05) is 51.8 Å². The van der Waals surface area contributed by atoms with Gasteiger partial charge in [0.15, 0.2) is 5.96 Å². The van der Waals surface area contributed by atoms with E-state index in [1.807, 2.05) is 0 Å². The summed E-state index contributed by atoms with van der Waals surface area (Å²) in [5.41, 5.74) is 0. The van der Waals surface area contributed by atoms with Gasteiger partial charge in [0.2, 0.25) is 0 Å². The molecule has 6 nitrogen and oxygen atoms in total. The van der Waals surface area contributed by atoms with E-state index >= 15 is 0 Å². The second kappa shape index (κ2) is 9.25. The summed E-state index contributed by atoms with van der Waals surface area (Å²) in [6.45, 7) is 7.10. The largest absolute Gasteiger partial charge is 0.356 e. The first-order valence-corrected chi connectivity index (χ1v) is 9.81. The van der Waals surface area contributed by atoms with Gasteiger partial charge in [-0.2, -0.15) is 0 Å². The monoisotopic (exact) mass is 318 g/mol. The van der Waals surface area contributed by atoms with Crippen molar-refractivity contribution in [2.45, 2.75) is 26.2 Å². The number of hydrogen-bond acceptors (Lipinski definition) is 4. The van der Waals surface area contributed by atoms with Crippen LogP contribution >= 0.6 is 0 Å². The van der Waals surface area contributed by atoms with Crippen LogP contribution in [0.4, 0.5) is 0 Å². The maximum atomic E-state index is 11.1. The summed E-state index contributed by atoms with van der Waals surface area (Å²) in [5, 5.41) is 6.24. The van der Waals surface area contributed by atoms with Gasteiger partial charge in [-0.1, -0.05) is 6.92 Å². The fourth-order valence-corrected chi connectivity index (χ4v) is 2.84. The number of rotatable bonds is 7. The Balaban J connectivity index is 2.09. The third-order valence-corrected chi connectivity index (χ3v) is 4.75. The molecule has 0 aromatic heterocycles. The molecule has 1 fully saturated rings. The van der Waals surface area contributed by atoms with Gasteiger partial charge in [0.05, 0.1) is 5.75 Å². The quantitative estimate of drug-likeness (QED) is 0.402. The van der Waals surface area contributed by atoms with Gasteiger partial charge in [0.25, 0.3) is 0 Å². The molecule has 1 saturated heterocycles. The molecule has 0 aromatic rings. The molecule has 0 unspecified atom stereocenters. The van der Waals surface area contributed by atoms with Crippen LogP contribution in [0.1, 0.15) is 26.2 Å². The van der Waals surface area contributed by atoms with E-state index in [0.29, 0.717) is 12.5 Å². The topological polar surface area (TPSA) is 73.8 Å². The number of aliphatic imine (C=N–C) groups is 1. The van der Waals surface area contributed by atoms with Crippen LogP contribution in [0.3, 0.4) is 0 Å². The van der Waals surface area contributed by atoms with Gasteiger partial charge in [-0.15, -0.1) is 0 Å². The number of nitrogens with zero attached hydrogens (tertiary/aromatic N) is 2. The van der Waals surface area contributed by atoms with E-state index in [1.54, 1.807) is 7.05 Å². The molecule has 0 amide bonds. The molecule has 1 aliphatic heterocycles. The summed E-state index contributed by atoms with van der Waals surface area (Å²) in [6.07, 6.45) is 4.93. The van der Waals surface area contributed by atoms with Gasteiger partial charge in [-0.05, 0) is 44.8 Å². The molecule has 1 heterocycles. The molecule has 1 rings (SSSR count). The number of piperidine rings is 1. The summed E-state index contributed by atoms with van der Waals surface area (Å²) in [6, 6.07) is 0. The van der Waals surface area contributed by atoms with E-state index in [9.17, 15) is 8.42 Å². The summed E-state index contributed by atoms with van der Waals surface area (Å²) in [5.74, 6) is 1.67. The van der Waals surface area contributed by atoms with Crippen LogP contribution in [0.2, 0.25) is 0 Å². The standard InChI is InChI=1S/C14H30N4O2S/c1-13-5-10-18(11-6-13)9-4-7-16-14(15-2)17-8-12-21(3,19)20/h13H,4-12H2,1-3H3,(H2,15,16,17). The van der Waals surface area contributed by atoms with Crippen molar-refractivity contribution < 1.29 is 8.42 Å². The molecule has 7 heteroatoms. The highest BCUT2D eigenvalue weighted by Gasteiger charge is 2.14. The Morgan fingerprint density at radius 1 is 1.24 bits per heavy atom. The van der Waals surface area contributed by atoms with Crippen LogP contribution in [-0.4, -0.2) is 71.1 Å². The minimum Gasteiger partial charge on any atom is -0.356 e. The molecule has 0 aliphatic carbocycles. The van der Waals surface area contributed by atoms with E-state index in [4.69, 9.17) is 0 Å². The highest BCUT2D eigenvalue weighted by Crippen LogP contribution is 2.15. The van der Waals surface area contributed by atoms with Gasteiger partial charge in [0.1, 0.15) is 9.84 Å².